The van der Waals surface area contributed by atoms with E-state index in [-0.39, 0.29) is 12.4 Å². The van der Waals surface area contributed by atoms with Crippen LogP contribution in [0.4, 0.5) is 13.2 Å². The quantitative estimate of drug-likeness (QED) is 0.897. The summed E-state index contributed by atoms with van der Waals surface area (Å²) in [5.74, 6) is -0.608. The van der Waals surface area contributed by atoms with Gasteiger partial charge in [0, 0.05) is 6.54 Å². The van der Waals surface area contributed by atoms with Gasteiger partial charge in [-0.3, -0.25) is 4.79 Å². The number of hydrogen-bond donors (Lipinski definition) is 2. The summed E-state index contributed by atoms with van der Waals surface area (Å²) in [6, 6.07) is 6.00. The van der Waals surface area contributed by atoms with Crippen molar-refractivity contribution in [3.05, 3.63) is 35.4 Å². The number of nitrogens with one attached hydrogen (secondary N) is 1. The number of halogens is 4. The minimum Gasteiger partial charge on any atom is -0.354 e. The van der Waals surface area contributed by atoms with Gasteiger partial charge >= 0.3 is 6.18 Å². The lowest BCUT2D eigenvalue weighted by atomic mass is 10.1. The van der Waals surface area contributed by atoms with Gasteiger partial charge in [-0.25, -0.2) is 0 Å². The Hall–Kier alpha value is -1.27. The van der Waals surface area contributed by atoms with E-state index in [1.807, 2.05) is 6.92 Å². The van der Waals surface area contributed by atoms with Crippen LogP contribution in [0.5, 0.6) is 0 Å². The van der Waals surface area contributed by atoms with Crippen LogP contribution in [0, 0.1) is 6.92 Å². The van der Waals surface area contributed by atoms with Crippen molar-refractivity contribution in [2.75, 3.05) is 6.54 Å². The maximum atomic E-state index is 11.9. The van der Waals surface area contributed by atoms with E-state index in [1.54, 1.807) is 24.3 Å². The lowest BCUT2D eigenvalue weighted by molar-refractivity contribution is -0.135. The molecule has 1 aromatic rings. The molecule has 0 radical (unpaired) electrons. The molecule has 0 aliphatic heterocycles. The molecule has 1 aromatic carbocycles. The third kappa shape index (κ3) is 6.45. The van der Waals surface area contributed by atoms with Gasteiger partial charge in [-0.05, 0) is 12.5 Å². The fourth-order valence-electron chi connectivity index (χ4n) is 1.36. The van der Waals surface area contributed by atoms with Crippen molar-refractivity contribution in [2.45, 2.75) is 25.6 Å². The normalized spacial score (nSPS) is 12.5. The monoisotopic (exact) mass is 296 g/mol. The molecule has 1 amide bonds. The standard InChI is InChI=1S/C12H15F3N2O.ClH/c1-8-2-4-9(5-3-8)10(16)11(18)17-7-6-12(13,14)15;/h2-5,10H,6-7,16H2,1H3,(H,17,18);1H. The van der Waals surface area contributed by atoms with E-state index in [4.69, 9.17) is 5.73 Å². The number of aryl methyl sites for hydroxylation is 1. The predicted molar refractivity (Wildman–Crippen MR) is 69.0 cm³/mol. The molecule has 0 aliphatic carbocycles. The van der Waals surface area contributed by atoms with E-state index in [2.05, 4.69) is 5.32 Å². The van der Waals surface area contributed by atoms with Crippen LogP contribution < -0.4 is 11.1 Å². The zero-order valence-electron chi connectivity index (χ0n) is 10.3. The van der Waals surface area contributed by atoms with Gasteiger partial charge in [0.15, 0.2) is 0 Å². The summed E-state index contributed by atoms with van der Waals surface area (Å²) in [7, 11) is 0. The van der Waals surface area contributed by atoms with Gasteiger partial charge in [0.1, 0.15) is 6.04 Å². The number of carbonyl (C=O) groups is 1. The van der Waals surface area contributed by atoms with E-state index in [0.29, 0.717) is 5.56 Å². The topological polar surface area (TPSA) is 55.1 Å². The molecule has 1 atom stereocenters. The van der Waals surface area contributed by atoms with E-state index in [9.17, 15) is 18.0 Å². The summed E-state index contributed by atoms with van der Waals surface area (Å²) in [6.45, 7) is 1.43. The maximum absolute atomic E-state index is 11.9. The Morgan fingerprint density at radius 2 is 1.84 bits per heavy atom. The van der Waals surface area contributed by atoms with E-state index >= 15 is 0 Å². The number of benzene rings is 1. The number of nitrogens with two attached hydrogens (primary N) is 1. The molecule has 1 unspecified atom stereocenters. The Kier molecular flexibility index (Phi) is 6.86. The first-order valence-electron chi connectivity index (χ1n) is 5.46. The Bertz CT molecular complexity index is 406. The molecule has 0 heterocycles. The first-order valence-corrected chi connectivity index (χ1v) is 5.46. The van der Waals surface area contributed by atoms with Crippen LogP contribution in [0.3, 0.4) is 0 Å². The van der Waals surface area contributed by atoms with Crippen molar-refractivity contribution in [1.29, 1.82) is 0 Å². The Morgan fingerprint density at radius 3 is 2.32 bits per heavy atom. The summed E-state index contributed by atoms with van der Waals surface area (Å²) >= 11 is 0. The van der Waals surface area contributed by atoms with Crippen LogP contribution in [-0.2, 0) is 4.79 Å². The Labute approximate surface area is 115 Å². The third-order valence-corrected chi connectivity index (χ3v) is 2.43. The van der Waals surface area contributed by atoms with Crippen molar-refractivity contribution in [1.82, 2.24) is 5.32 Å². The van der Waals surface area contributed by atoms with Gasteiger partial charge in [-0.2, -0.15) is 13.2 Å². The first kappa shape index (κ1) is 17.7. The molecule has 0 saturated carbocycles. The van der Waals surface area contributed by atoms with Gasteiger partial charge in [-0.15, -0.1) is 12.4 Å². The third-order valence-electron chi connectivity index (χ3n) is 2.43. The Morgan fingerprint density at radius 1 is 1.32 bits per heavy atom. The van der Waals surface area contributed by atoms with Crippen molar-refractivity contribution < 1.29 is 18.0 Å². The highest BCUT2D eigenvalue weighted by Gasteiger charge is 2.27. The fourth-order valence-corrected chi connectivity index (χ4v) is 1.36. The maximum Gasteiger partial charge on any atom is 0.390 e. The number of carbonyl (C=O) groups excluding carboxylic acids is 1. The van der Waals surface area contributed by atoms with Gasteiger partial charge in [0.05, 0.1) is 6.42 Å². The fraction of sp³-hybridized carbons (Fsp3) is 0.417. The molecule has 7 heteroatoms. The molecule has 3 N–H and O–H groups in total. The van der Waals surface area contributed by atoms with Gasteiger partial charge in [-0.1, -0.05) is 29.8 Å². The smallest absolute Gasteiger partial charge is 0.354 e. The highest BCUT2D eigenvalue weighted by atomic mass is 35.5. The van der Waals surface area contributed by atoms with Crippen molar-refractivity contribution in [3.63, 3.8) is 0 Å². The largest absolute Gasteiger partial charge is 0.390 e. The lowest BCUT2D eigenvalue weighted by Crippen LogP contribution is -2.36. The molecule has 108 valence electrons. The summed E-state index contributed by atoms with van der Waals surface area (Å²) in [5.41, 5.74) is 7.24. The van der Waals surface area contributed by atoms with Gasteiger partial charge in [0.2, 0.25) is 5.91 Å². The summed E-state index contributed by atoms with van der Waals surface area (Å²) in [5, 5.41) is 2.17. The second kappa shape index (κ2) is 7.35. The molecule has 0 saturated heterocycles. The van der Waals surface area contributed by atoms with Crippen LogP contribution in [0.25, 0.3) is 0 Å². The molecule has 3 nitrogen and oxygen atoms in total. The molecule has 0 aliphatic rings. The van der Waals surface area contributed by atoms with Crippen LogP contribution in [0.1, 0.15) is 23.6 Å². The number of rotatable bonds is 4. The molecule has 1 rings (SSSR count). The molecular weight excluding hydrogens is 281 g/mol. The molecule has 0 spiro atoms. The zero-order valence-corrected chi connectivity index (χ0v) is 11.1. The van der Waals surface area contributed by atoms with Crippen molar-refractivity contribution in [3.8, 4) is 0 Å². The average Bonchev–Trinajstić information content (AvgIpc) is 2.27. The van der Waals surface area contributed by atoms with Crippen LogP contribution >= 0.6 is 12.4 Å². The van der Waals surface area contributed by atoms with Gasteiger partial charge in [0.25, 0.3) is 0 Å². The minimum atomic E-state index is -4.28. The molecule has 19 heavy (non-hydrogen) atoms. The van der Waals surface area contributed by atoms with Crippen molar-refractivity contribution in [2.24, 2.45) is 5.73 Å². The van der Waals surface area contributed by atoms with E-state index in [1.165, 1.54) is 0 Å². The second-order valence-corrected chi connectivity index (χ2v) is 4.04. The van der Waals surface area contributed by atoms with Crippen molar-refractivity contribution >= 4 is 18.3 Å². The zero-order chi connectivity index (χ0) is 13.8. The highest BCUT2D eigenvalue weighted by molar-refractivity contribution is 5.85. The van der Waals surface area contributed by atoms with E-state index in [0.717, 1.165) is 5.56 Å². The summed E-state index contributed by atoms with van der Waals surface area (Å²) in [6.07, 6.45) is -5.33. The predicted octanol–water partition coefficient (Wildman–Crippen LogP) is 2.49. The number of amides is 1. The van der Waals surface area contributed by atoms with Crippen LogP contribution in [0.15, 0.2) is 24.3 Å². The lowest BCUT2D eigenvalue weighted by Gasteiger charge is -2.13. The first-order chi connectivity index (χ1) is 8.29. The molecule has 0 bridgehead atoms. The highest BCUT2D eigenvalue weighted by Crippen LogP contribution is 2.18. The summed E-state index contributed by atoms with van der Waals surface area (Å²) < 4.78 is 35.7. The van der Waals surface area contributed by atoms with Gasteiger partial charge < -0.3 is 11.1 Å². The number of hydrogen-bond acceptors (Lipinski definition) is 2. The Balaban J connectivity index is 0.00000324. The van der Waals surface area contributed by atoms with Crippen LogP contribution in [-0.4, -0.2) is 18.6 Å². The molecule has 0 fully saturated rings. The second-order valence-electron chi connectivity index (χ2n) is 4.04. The SMILES string of the molecule is Cc1ccc(C(N)C(=O)NCCC(F)(F)F)cc1.Cl. The number of alkyl halides is 3. The van der Waals surface area contributed by atoms with Crippen LogP contribution in [0.2, 0.25) is 0 Å². The summed E-state index contributed by atoms with van der Waals surface area (Å²) in [4.78, 5) is 11.5. The molecular formula is C12H16ClF3N2O. The average molecular weight is 297 g/mol. The molecule has 0 aromatic heterocycles. The van der Waals surface area contributed by atoms with E-state index < -0.39 is 31.1 Å². The minimum absolute atomic E-state index is 0.